The molecule has 1 amide bonds. The first-order chi connectivity index (χ1) is 26.2. The highest BCUT2D eigenvalue weighted by atomic mass is 32.2. The molecule has 0 radical (unpaired) electrons. The molecule has 4 aromatic heterocycles. The van der Waals surface area contributed by atoms with Gasteiger partial charge in [-0.15, -0.1) is 0 Å². The molecule has 55 heavy (non-hydrogen) atoms. The van der Waals surface area contributed by atoms with Crippen LogP contribution in [0.4, 0.5) is 18.9 Å². The van der Waals surface area contributed by atoms with Crippen LogP contribution in [0, 0.1) is 25.1 Å². The number of likely N-dealkylation sites (tertiary alicyclic amines) is 1. The van der Waals surface area contributed by atoms with Gasteiger partial charge in [0.2, 0.25) is 10.0 Å². The summed E-state index contributed by atoms with van der Waals surface area (Å²) in [7, 11) is -1.03. The summed E-state index contributed by atoms with van der Waals surface area (Å²) in [5.41, 5.74) is 3.67. The number of fused-ring (bicyclic) bond motifs is 6. The highest BCUT2D eigenvalue weighted by Crippen LogP contribution is 2.42. The molecule has 1 aliphatic heterocycles. The van der Waals surface area contributed by atoms with Gasteiger partial charge >= 0.3 is 5.79 Å². The van der Waals surface area contributed by atoms with Crippen molar-refractivity contribution in [2.24, 2.45) is 0 Å². The number of carbonyl (C=O) groups excluding carboxylic acids is 1. The van der Waals surface area contributed by atoms with E-state index in [1.807, 2.05) is 9.30 Å². The van der Waals surface area contributed by atoms with Gasteiger partial charge < -0.3 is 9.73 Å². The number of furan rings is 1. The molecule has 1 aliphatic rings. The fourth-order valence-electron chi connectivity index (χ4n) is 7.31. The second kappa shape index (κ2) is 13.1. The van der Waals surface area contributed by atoms with E-state index in [4.69, 9.17) is 21.0 Å². The van der Waals surface area contributed by atoms with Gasteiger partial charge in [-0.2, -0.15) is 4.39 Å². The van der Waals surface area contributed by atoms with Crippen molar-refractivity contribution >= 4 is 60.0 Å². The summed E-state index contributed by atoms with van der Waals surface area (Å²) in [6.45, 7) is 9.97. The van der Waals surface area contributed by atoms with E-state index in [9.17, 15) is 17.6 Å². The Morgan fingerprint density at radius 1 is 1.00 bits per heavy atom. The third-order valence-electron chi connectivity index (χ3n) is 10.3. The minimum Gasteiger partial charge on any atom is -0.455 e. The summed E-state index contributed by atoms with van der Waals surface area (Å²) in [5, 5.41) is 3.24. The lowest BCUT2D eigenvalue weighted by atomic mass is 10.00. The number of halogens is 3. The molecule has 1 N–H and O–H groups in total. The molecule has 0 spiro atoms. The number of sulfonamides is 1. The molecule has 0 atom stereocenters. The summed E-state index contributed by atoms with van der Waals surface area (Å²) in [4.78, 5) is 28.6. The Bertz CT molecular complexity index is 2890. The SMILES string of the molecule is [C-]#[N+]C1(F)CCN(Cc2nc3ccc(-c4cc5c(C(=O)NC)c(-c6ccc(C)cc6F)oc5cc4N(C)S(C)(=O)=O)nc3c3cc4c(F)cccc4n23)CC1. The van der Waals surface area contributed by atoms with Crippen molar-refractivity contribution < 1.29 is 30.8 Å². The first kappa shape index (κ1) is 36.0. The third kappa shape index (κ3) is 6.11. The van der Waals surface area contributed by atoms with Crippen LogP contribution in [0.2, 0.25) is 0 Å². The van der Waals surface area contributed by atoms with Crippen LogP contribution >= 0.6 is 0 Å². The number of nitrogens with one attached hydrogen (secondary N) is 1. The minimum atomic E-state index is -3.85. The van der Waals surface area contributed by atoms with E-state index in [1.54, 1.807) is 49.4 Å². The van der Waals surface area contributed by atoms with Gasteiger partial charge in [-0.05, 0) is 61.0 Å². The Morgan fingerprint density at radius 3 is 2.45 bits per heavy atom. The molecule has 0 aliphatic carbocycles. The number of alkyl halides is 1. The van der Waals surface area contributed by atoms with Crippen molar-refractivity contribution in [1.82, 2.24) is 24.6 Å². The molecule has 1 fully saturated rings. The predicted octanol–water partition coefficient (Wildman–Crippen LogP) is 7.64. The van der Waals surface area contributed by atoms with E-state index in [2.05, 4.69) is 10.2 Å². The van der Waals surface area contributed by atoms with Crippen LogP contribution in [0.3, 0.4) is 0 Å². The number of amides is 1. The molecular formula is C40H34F3N7O4S. The summed E-state index contributed by atoms with van der Waals surface area (Å²) in [6, 6.07) is 17.5. The zero-order chi connectivity index (χ0) is 39.0. The second-order valence-corrected chi connectivity index (χ2v) is 15.9. The minimum absolute atomic E-state index is 0.0243. The number of hydrogen-bond acceptors (Lipinski definition) is 7. The van der Waals surface area contributed by atoms with Crippen LogP contribution in [-0.4, -0.2) is 72.8 Å². The summed E-state index contributed by atoms with van der Waals surface area (Å²) < 4.78 is 80.5. The Balaban J connectivity index is 1.36. The number of piperidine rings is 1. The number of hydrogen-bond donors (Lipinski definition) is 1. The predicted molar refractivity (Wildman–Crippen MR) is 205 cm³/mol. The van der Waals surface area contributed by atoms with Crippen molar-refractivity contribution in [3.8, 4) is 22.6 Å². The number of nitrogens with zero attached hydrogens (tertiary/aromatic N) is 6. The van der Waals surface area contributed by atoms with Gasteiger partial charge in [0.15, 0.2) is 5.76 Å². The van der Waals surface area contributed by atoms with E-state index >= 15 is 8.78 Å². The average molecular weight is 766 g/mol. The number of aryl methyl sites for hydroxylation is 1. The molecule has 7 aromatic rings. The number of anilines is 1. The topological polar surface area (TPSA) is 117 Å². The van der Waals surface area contributed by atoms with Gasteiger partial charge in [-0.25, -0.2) is 33.7 Å². The Hall–Kier alpha value is -5.98. The third-order valence-corrected chi connectivity index (χ3v) is 11.5. The molecule has 8 rings (SSSR count). The average Bonchev–Trinajstić information content (AvgIpc) is 3.74. The molecular weight excluding hydrogens is 732 g/mol. The van der Waals surface area contributed by atoms with Crippen LogP contribution in [0.15, 0.2) is 71.1 Å². The van der Waals surface area contributed by atoms with Crippen molar-refractivity contribution in [1.29, 1.82) is 0 Å². The molecule has 1 saturated heterocycles. The van der Waals surface area contributed by atoms with Crippen molar-refractivity contribution in [2.75, 3.05) is 37.7 Å². The first-order valence-electron chi connectivity index (χ1n) is 17.4. The first-order valence-corrected chi connectivity index (χ1v) is 19.3. The fourth-order valence-corrected chi connectivity index (χ4v) is 7.82. The van der Waals surface area contributed by atoms with Crippen LogP contribution in [0.5, 0.6) is 0 Å². The standard InChI is InChI=1S/C40H34F3N7O4S/c1-22-9-10-23(28(42)17-22)38-36(39(51)44-2)26-18-25(32(20-34(26)54-38)48(4)55(5,52)53)29-11-12-30-37(47-29)33-19-24-27(41)7-6-8-31(24)50(33)35(46-30)21-49-15-13-40(43,45-3)14-16-49/h6-12,17-20H,13-16,21H2,1-2,4-5H3,(H,44,51). The molecule has 11 nitrogen and oxygen atoms in total. The number of pyridine rings is 1. The Morgan fingerprint density at radius 2 is 1.76 bits per heavy atom. The quantitative estimate of drug-likeness (QED) is 0.131. The maximum absolute atomic E-state index is 15.4. The van der Waals surface area contributed by atoms with E-state index in [0.29, 0.717) is 75.1 Å². The van der Waals surface area contributed by atoms with Gasteiger partial charge in [0.05, 0.1) is 64.7 Å². The van der Waals surface area contributed by atoms with Crippen molar-refractivity contribution in [3.63, 3.8) is 0 Å². The van der Waals surface area contributed by atoms with Gasteiger partial charge in [0.1, 0.15) is 28.6 Å². The maximum atomic E-state index is 15.4. The number of benzene rings is 3. The van der Waals surface area contributed by atoms with E-state index < -0.39 is 33.4 Å². The van der Waals surface area contributed by atoms with Crippen LogP contribution < -0.4 is 9.62 Å². The zero-order valence-corrected chi connectivity index (χ0v) is 31.1. The molecule has 3 aromatic carbocycles. The lowest BCUT2D eigenvalue weighted by Gasteiger charge is -2.29. The van der Waals surface area contributed by atoms with Crippen molar-refractivity contribution in [3.05, 3.63) is 107 Å². The molecule has 0 bridgehead atoms. The molecule has 15 heteroatoms. The summed E-state index contributed by atoms with van der Waals surface area (Å²) >= 11 is 0. The van der Waals surface area contributed by atoms with Gasteiger partial charge in [0.25, 0.3) is 5.91 Å². The molecule has 0 saturated carbocycles. The van der Waals surface area contributed by atoms with E-state index in [-0.39, 0.29) is 41.0 Å². The van der Waals surface area contributed by atoms with Crippen LogP contribution in [0.25, 0.3) is 65.8 Å². The van der Waals surface area contributed by atoms with Crippen molar-refractivity contribution in [2.45, 2.75) is 32.1 Å². The summed E-state index contributed by atoms with van der Waals surface area (Å²) in [5.74, 6) is -2.94. The smallest absolute Gasteiger partial charge is 0.373 e. The zero-order valence-electron chi connectivity index (χ0n) is 30.2. The molecule has 0 unspecified atom stereocenters. The highest BCUT2D eigenvalue weighted by molar-refractivity contribution is 7.92. The van der Waals surface area contributed by atoms with Crippen LogP contribution in [-0.2, 0) is 16.6 Å². The fraction of sp³-hybridized carbons (Fsp3) is 0.250. The van der Waals surface area contributed by atoms with Crippen LogP contribution in [0.1, 0.15) is 34.6 Å². The van der Waals surface area contributed by atoms with E-state index in [1.165, 1.54) is 38.4 Å². The highest BCUT2D eigenvalue weighted by Gasteiger charge is 2.40. The lowest BCUT2D eigenvalue weighted by Crippen LogP contribution is -2.40. The Labute approximate surface area is 313 Å². The number of aromatic nitrogens is 3. The maximum Gasteiger partial charge on any atom is 0.373 e. The molecule has 5 heterocycles. The van der Waals surface area contributed by atoms with Gasteiger partial charge in [0, 0.05) is 49.6 Å². The van der Waals surface area contributed by atoms with Gasteiger partial charge in [-0.3, -0.25) is 23.2 Å². The van der Waals surface area contributed by atoms with Gasteiger partial charge in [-0.1, -0.05) is 12.1 Å². The normalized spacial score (nSPS) is 14.9. The monoisotopic (exact) mass is 765 g/mol. The summed E-state index contributed by atoms with van der Waals surface area (Å²) in [6.07, 6.45) is 1.17. The largest absolute Gasteiger partial charge is 0.455 e. The second-order valence-electron chi connectivity index (χ2n) is 13.9. The molecule has 280 valence electrons. The number of carbonyl (C=O) groups is 1. The lowest BCUT2D eigenvalue weighted by molar-refractivity contribution is 0.0893. The Kier molecular flexibility index (Phi) is 8.58. The number of rotatable bonds is 7. The van der Waals surface area contributed by atoms with E-state index in [0.717, 1.165) is 10.6 Å².